The third-order valence-corrected chi connectivity index (χ3v) is 3.63. The highest BCUT2D eigenvalue weighted by molar-refractivity contribution is 5.88. The summed E-state index contributed by atoms with van der Waals surface area (Å²) in [7, 11) is 0. The molecule has 0 aliphatic carbocycles. The predicted octanol–water partition coefficient (Wildman–Crippen LogP) is 0.838. The Hall–Kier alpha value is -2.77. The molecule has 106 valence electrons. The van der Waals surface area contributed by atoms with Crippen LogP contribution in [0.4, 0.5) is 5.82 Å². The van der Waals surface area contributed by atoms with Crippen LogP contribution in [0, 0.1) is 13.8 Å². The molecule has 1 aliphatic heterocycles. The minimum absolute atomic E-state index is 0.0904. The van der Waals surface area contributed by atoms with Gasteiger partial charge in [0, 0.05) is 0 Å². The average molecular weight is 284 g/mol. The van der Waals surface area contributed by atoms with Crippen LogP contribution in [0.2, 0.25) is 0 Å². The first-order valence-electron chi connectivity index (χ1n) is 6.54. The Kier molecular flexibility index (Phi) is 2.35. The lowest BCUT2D eigenvalue weighted by Crippen LogP contribution is -2.19. The van der Waals surface area contributed by atoms with Gasteiger partial charge in [-0.1, -0.05) is 5.16 Å². The van der Waals surface area contributed by atoms with Crippen molar-refractivity contribution in [1.29, 1.82) is 0 Å². The number of nitrogens with one attached hydrogen (secondary N) is 1. The lowest BCUT2D eigenvalue weighted by atomic mass is 10.3. The van der Waals surface area contributed by atoms with Crippen LogP contribution in [-0.4, -0.2) is 25.1 Å². The van der Waals surface area contributed by atoms with E-state index in [0.29, 0.717) is 36.0 Å². The van der Waals surface area contributed by atoms with Crippen molar-refractivity contribution in [2.24, 2.45) is 0 Å². The van der Waals surface area contributed by atoms with E-state index in [2.05, 4.69) is 25.1 Å². The number of nitrogens with zero attached hydrogens (tertiary/aromatic N) is 5. The third-order valence-electron chi connectivity index (χ3n) is 3.63. The Labute approximate surface area is 118 Å². The molecule has 0 fully saturated rings. The Morgan fingerprint density at radius 2 is 2.14 bits per heavy atom. The Morgan fingerprint density at radius 3 is 3.00 bits per heavy atom. The molecule has 1 N–H and O–H groups in total. The number of hydrogen-bond donors (Lipinski definition) is 1. The van der Waals surface area contributed by atoms with Crippen LogP contribution in [0.1, 0.15) is 22.8 Å². The minimum atomic E-state index is -0.0904. The van der Waals surface area contributed by atoms with Crippen LogP contribution < -0.4 is 10.5 Å². The van der Waals surface area contributed by atoms with E-state index in [4.69, 9.17) is 4.52 Å². The number of hydrogen-bond acceptors (Lipinski definition) is 7. The summed E-state index contributed by atoms with van der Waals surface area (Å²) >= 11 is 0. The third kappa shape index (κ3) is 1.72. The molecule has 1 aliphatic rings. The van der Waals surface area contributed by atoms with Gasteiger partial charge in [0.2, 0.25) is 0 Å². The lowest BCUT2D eigenvalue weighted by Gasteiger charge is -2.16. The monoisotopic (exact) mass is 284 g/mol. The normalized spacial score (nSPS) is 13.9. The van der Waals surface area contributed by atoms with Gasteiger partial charge in [0.1, 0.15) is 23.4 Å². The minimum Gasteiger partial charge on any atom is -0.345 e. The number of fused-ring (bicyclic) bond motifs is 2. The molecule has 0 aromatic carbocycles. The zero-order chi connectivity index (χ0) is 14.6. The van der Waals surface area contributed by atoms with Crippen molar-refractivity contribution < 1.29 is 4.52 Å². The van der Waals surface area contributed by atoms with Gasteiger partial charge in [0.05, 0.1) is 30.0 Å². The van der Waals surface area contributed by atoms with Gasteiger partial charge in [-0.05, 0) is 13.8 Å². The number of anilines is 1. The first-order chi connectivity index (χ1) is 10.1. The molecule has 0 saturated carbocycles. The summed E-state index contributed by atoms with van der Waals surface area (Å²) < 4.78 is 5.16. The maximum atomic E-state index is 12.0. The summed E-state index contributed by atoms with van der Waals surface area (Å²) in [6.07, 6.45) is 1.44. The molecule has 4 heterocycles. The molecule has 0 unspecified atom stereocenters. The fourth-order valence-corrected chi connectivity index (χ4v) is 2.68. The second kappa shape index (κ2) is 4.11. The molecule has 3 aromatic heterocycles. The summed E-state index contributed by atoms with van der Waals surface area (Å²) in [6.45, 7) is 4.62. The van der Waals surface area contributed by atoms with E-state index in [0.717, 1.165) is 16.8 Å². The first-order valence-corrected chi connectivity index (χ1v) is 6.54. The second-order valence-corrected chi connectivity index (χ2v) is 5.08. The second-order valence-electron chi connectivity index (χ2n) is 5.08. The van der Waals surface area contributed by atoms with Crippen LogP contribution in [0.15, 0.2) is 15.6 Å². The molecule has 0 spiro atoms. The standard InChI is InChI=1S/C13H12N6O2/c1-6-10-11(14-5-15-13(10)21-18-6)19-3-8-9(4-19)16-7(2)17-12(8)20/h5H,3-4H2,1-2H3,(H,16,17,20). The van der Waals surface area contributed by atoms with E-state index in [-0.39, 0.29) is 5.56 Å². The van der Waals surface area contributed by atoms with E-state index in [1.165, 1.54) is 6.33 Å². The Morgan fingerprint density at radius 1 is 1.29 bits per heavy atom. The fourth-order valence-electron chi connectivity index (χ4n) is 2.68. The van der Waals surface area contributed by atoms with Crippen molar-refractivity contribution in [1.82, 2.24) is 25.1 Å². The quantitative estimate of drug-likeness (QED) is 0.706. The summed E-state index contributed by atoms with van der Waals surface area (Å²) in [6, 6.07) is 0. The van der Waals surface area contributed by atoms with E-state index in [1.54, 1.807) is 6.92 Å². The van der Waals surface area contributed by atoms with E-state index >= 15 is 0 Å². The average Bonchev–Trinajstić information content (AvgIpc) is 3.03. The van der Waals surface area contributed by atoms with Gasteiger partial charge in [-0.25, -0.2) is 9.97 Å². The molecule has 4 rings (SSSR count). The number of rotatable bonds is 1. The number of aromatic nitrogens is 5. The van der Waals surface area contributed by atoms with Crippen LogP contribution in [0.25, 0.3) is 11.1 Å². The number of aromatic amines is 1. The predicted molar refractivity (Wildman–Crippen MR) is 73.8 cm³/mol. The molecule has 8 heteroatoms. The Bertz CT molecular complexity index is 913. The summed E-state index contributed by atoms with van der Waals surface area (Å²) in [4.78, 5) is 29.5. The molecule has 21 heavy (non-hydrogen) atoms. The zero-order valence-corrected chi connectivity index (χ0v) is 11.5. The largest absolute Gasteiger partial charge is 0.345 e. The van der Waals surface area contributed by atoms with E-state index in [1.807, 2.05) is 11.8 Å². The molecule has 0 amide bonds. The van der Waals surface area contributed by atoms with Gasteiger partial charge in [-0.3, -0.25) is 4.79 Å². The number of aryl methyl sites for hydroxylation is 2. The summed E-state index contributed by atoms with van der Waals surface area (Å²) in [5, 5.41) is 4.70. The van der Waals surface area contributed by atoms with Gasteiger partial charge in [-0.15, -0.1) is 0 Å². The van der Waals surface area contributed by atoms with E-state index < -0.39 is 0 Å². The van der Waals surface area contributed by atoms with Gasteiger partial charge in [0.15, 0.2) is 0 Å². The zero-order valence-electron chi connectivity index (χ0n) is 11.5. The van der Waals surface area contributed by atoms with Crippen molar-refractivity contribution in [2.75, 3.05) is 4.90 Å². The van der Waals surface area contributed by atoms with Gasteiger partial charge >= 0.3 is 0 Å². The molecule has 0 bridgehead atoms. The Balaban J connectivity index is 1.84. The van der Waals surface area contributed by atoms with Crippen molar-refractivity contribution in [2.45, 2.75) is 26.9 Å². The van der Waals surface area contributed by atoms with Crippen LogP contribution >= 0.6 is 0 Å². The van der Waals surface area contributed by atoms with Gasteiger partial charge in [-0.2, -0.15) is 4.98 Å². The van der Waals surface area contributed by atoms with Crippen molar-refractivity contribution in [3.63, 3.8) is 0 Å². The van der Waals surface area contributed by atoms with Gasteiger partial charge < -0.3 is 14.4 Å². The van der Waals surface area contributed by atoms with E-state index in [9.17, 15) is 4.79 Å². The number of H-pyrrole nitrogens is 1. The molecule has 0 atom stereocenters. The highest BCUT2D eigenvalue weighted by Crippen LogP contribution is 2.30. The maximum Gasteiger partial charge on any atom is 0.263 e. The molecule has 3 aromatic rings. The van der Waals surface area contributed by atoms with Crippen molar-refractivity contribution >= 4 is 16.9 Å². The van der Waals surface area contributed by atoms with Gasteiger partial charge in [0.25, 0.3) is 11.3 Å². The highest BCUT2D eigenvalue weighted by Gasteiger charge is 2.27. The van der Waals surface area contributed by atoms with Crippen LogP contribution in [0.3, 0.4) is 0 Å². The topological polar surface area (TPSA) is 101 Å². The lowest BCUT2D eigenvalue weighted by molar-refractivity contribution is 0.442. The maximum absolute atomic E-state index is 12.0. The molecule has 0 radical (unpaired) electrons. The van der Waals surface area contributed by atoms with Crippen LogP contribution in [-0.2, 0) is 13.1 Å². The molecular weight excluding hydrogens is 272 g/mol. The smallest absolute Gasteiger partial charge is 0.263 e. The first kappa shape index (κ1) is 12.0. The molecular formula is C13H12N6O2. The van der Waals surface area contributed by atoms with Crippen LogP contribution in [0.5, 0.6) is 0 Å². The molecule has 8 nitrogen and oxygen atoms in total. The summed E-state index contributed by atoms with van der Waals surface area (Å²) in [5.74, 6) is 1.34. The summed E-state index contributed by atoms with van der Waals surface area (Å²) in [5.41, 5.74) is 2.56. The van der Waals surface area contributed by atoms with Crippen molar-refractivity contribution in [3.8, 4) is 0 Å². The van der Waals surface area contributed by atoms with Crippen molar-refractivity contribution in [3.05, 3.63) is 39.5 Å². The fraction of sp³-hybridized carbons (Fsp3) is 0.308. The SMILES string of the molecule is Cc1nc2c(c(=O)[nH]1)CN(c1ncnc3onc(C)c13)C2. The highest BCUT2D eigenvalue weighted by atomic mass is 16.5. The molecule has 0 saturated heterocycles.